The number of morpholine rings is 1. The molecule has 2 aliphatic heterocycles. The van der Waals surface area contributed by atoms with Gasteiger partial charge in [0.15, 0.2) is 5.96 Å². The van der Waals surface area contributed by atoms with Crippen molar-refractivity contribution in [3.05, 3.63) is 0 Å². The van der Waals surface area contributed by atoms with E-state index < -0.39 is 0 Å². The number of guanidine groups is 1. The van der Waals surface area contributed by atoms with Crippen LogP contribution in [0, 0.1) is 5.92 Å². The predicted octanol–water partition coefficient (Wildman–Crippen LogP) is 1.15. The molecule has 0 radical (unpaired) electrons. The highest BCUT2D eigenvalue weighted by molar-refractivity contribution is 5.78. The van der Waals surface area contributed by atoms with Gasteiger partial charge in [0.2, 0.25) is 0 Å². The van der Waals surface area contributed by atoms with Crippen LogP contribution in [0.5, 0.6) is 0 Å². The number of rotatable bonds is 5. The molecule has 1 atom stereocenters. The van der Waals surface area contributed by atoms with E-state index in [4.69, 9.17) is 10.5 Å². The molecule has 2 rings (SSSR count). The summed E-state index contributed by atoms with van der Waals surface area (Å²) in [6.45, 7) is 10.3. The highest BCUT2D eigenvalue weighted by atomic mass is 16.5. The summed E-state index contributed by atoms with van der Waals surface area (Å²) in [7, 11) is 0. The van der Waals surface area contributed by atoms with E-state index in [2.05, 4.69) is 21.7 Å². The Kier molecular flexibility index (Phi) is 6.60. The number of nitrogens with two attached hydrogens (primary N) is 1. The van der Waals surface area contributed by atoms with E-state index in [1.54, 1.807) is 0 Å². The van der Waals surface area contributed by atoms with E-state index in [9.17, 15) is 0 Å². The molecule has 5 heteroatoms. The van der Waals surface area contributed by atoms with Crippen LogP contribution in [0.3, 0.4) is 0 Å². The zero-order valence-electron chi connectivity index (χ0n) is 12.9. The van der Waals surface area contributed by atoms with Crippen molar-refractivity contribution in [2.45, 2.75) is 32.6 Å². The number of ether oxygens (including phenoxy) is 1. The molecule has 2 N–H and O–H groups in total. The topological polar surface area (TPSA) is 54.1 Å². The molecular weight excluding hydrogens is 252 g/mol. The van der Waals surface area contributed by atoms with Gasteiger partial charge in [0.25, 0.3) is 0 Å². The monoisotopic (exact) mass is 282 g/mol. The van der Waals surface area contributed by atoms with Crippen molar-refractivity contribution in [3.8, 4) is 0 Å². The smallest absolute Gasteiger partial charge is 0.191 e. The lowest BCUT2D eigenvalue weighted by Crippen LogP contribution is -2.44. The summed E-state index contributed by atoms with van der Waals surface area (Å²) in [6.07, 6.45) is 5.13. The summed E-state index contributed by atoms with van der Waals surface area (Å²) < 4.78 is 5.31. The summed E-state index contributed by atoms with van der Waals surface area (Å²) in [5.41, 5.74) is 6.00. The summed E-state index contributed by atoms with van der Waals surface area (Å²) in [5.74, 6) is 1.57. The molecule has 0 aliphatic carbocycles. The van der Waals surface area contributed by atoms with Crippen LogP contribution < -0.4 is 5.73 Å². The third kappa shape index (κ3) is 5.29. The molecule has 0 aromatic rings. The lowest BCUT2D eigenvalue weighted by atomic mass is 10.0. The maximum atomic E-state index is 6.00. The van der Waals surface area contributed by atoms with Gasteiger partial charge in [-0.15, -0.1) is 0 Å². The Balaban J connectivity index is 1.56. The predicted molar refractivity (Wildman–Crippen MR) is 83.0 cm³/mol. The third-order valence-corrected chi connectivity index (χ3v) is 4.23. The Labute approximate surface area is 123 Å². The lowest BCUT2D eigenvalue weighted by Gasteiger charge is -2.30. The van der Waals surface area contributed by atoms with Gasteiger partial charge in [-0.25, -0.2) is 0 Å². The zero-order valence-corrected chi connectivity index (χ0v) is 12.9. The molecule has 0 aromatic carbocycles. The second-order valence-electron chi connectivity index (χ2n) is 6.09. The third-order valence-electron chi connectivity index (χ3n) is 4.23. The SMILES string of the molecule is CC1CCCN(CCCCN=C(N)N2CCOCC2)C1. The van der Waals surface area contributed by atoms with Gasteiger partial charge in [-0.2, -0.15) is 0 Å². The first-order valence-electron chi connectivity index (χ1n) is 8.10. The molecule has 0 aromatic heterocycles. The molecule has 0 spiro atoms. The molecule has 0 saturated carbocycles. The number of hydrogen-bond donors (Lipinski definition) is 1. The van der Waals surface area contributed by atoms with Crippen molar-refractivity contribution in [1.29, 1.82) is 0 Å². The standard InChI is InChI=1S/C15H30N4O/c1-14-5-4-8-18(13-14)7-3-2-6-17-15(16)19-9-11-20-12-10-19/h14H,2-13H2,1H3,(H2,16,17). The minimum absolute atomic E-state index is 0.694. The fraction of sp³-hybridized carbons (Fsp3) is 0.933. The Morgan fingerprint density at radius 3 is 2.80 bits per heavy atom. The van der Waals surface area contributed by atoms with Crippen molar-refractivity contribution in [1.82, 2.24) is 9.80 Å². The first-order valence-corrected chi connectivity index (χ1v) is 8.10. The molecule has 2 heterocycles. The van der Waals surface area contributed by atoms with E-state index in [1.165, 1.54) is 38.9 Å². The maximum absolute atomic E-state index is 6.00. The minimum atomic E-state index is 0.694. The second kappa shape index (κ2) is 8.47. The number of unbranched alkanes of at least 4 members (excludes halogenated alkanes) is 1. The average molecular weight is 282 g/mol. The average Bonchev–Trinajstić information content (AvgIpc) is 2.48. The quantitative estimate of drug-likeness (QED) is 0.467. The van der Waals surface area contributed by atoms with Gasteiger partial charge in [0.05, 0.1) is 13.2 Å². The highest BCUT2D eigenvalue weighted by Gasteiger charge is 2.15. The number of hydrogen-bond acceptors (Lipinski definition) is 3. The normalized spacial score (nSPS) is 25.9. The summed E-state index contributed by atoms with van der Waals surface area (Å²) in [4.78, 5) is 9.21. The molecule has 2 saturated heterocycles. The van der Waals surface area contributed by atoms with Crippen LogP contribution in [0.15, 0.2) is 4.99 Å². The number of aliphatic imine (C=N–C) groups is 1. The molecule has 5 nitrogen and oxygen atoms in total. The summed E-state index contributed by atoms with van der Waals surface area (Å²) >= 11 is 0. The van der Waals surface area contributed by atoms with Gasteiger partial charge < -0.3 is 20.3 Å². The van der Waals surface area contributed by atoms with E-state index in [0.29, 0.717) is 5.96 Å². The molecule has 1 unspecified atom stereocenters. The lowest BCUT2D eigenvalue weighted by molar-refractivity contribution is 0.0674. The van der Waals surface area contributed by atoms with Crippen LogP contribution in [-0.2, 0) is 4.74 Å². The highest BCUT2D eigenvalue weighted by Crippen LogP contribution is 2.15. The number of piperidine rings is 1. The van der Waals surface area contributed by atoms with E-state index in [-0.39, 0.29) is 0 Å². The Morgan fingerprint density at radius 2 is 2.05 bits per heavy atom. The van der Waals surface area contributed by atoms with Crippen molar-refractivity contribution in [2.75, 3.05) is 52.5 Å². The Bertz CT molecular complexity index is 302. The van der Waals surface area contributed by atoms with Crippen molar-refractivity contribution < 1.29 is 4.74 Å². The van der Waals surface area contributed by atoms with Gasteiger partial charge in [-0.3, -0.25) is 4.99 Å². The Hall–Kier alpha value is -0.810. The fourth-order valence-corrected chi connectivity index (χ4v) is 3.02. The van der Waals surface area contributed by atoms with Crippen molar-refractivity contribution in [2.24, 2.45) is 16.6 Å². The van der Waals surface area contributed by atoms with Crippen LogP contribution >= 0.6 is 0 Å². The summed E-state index contributed by atoms with van der Waals surface area (Å²) in [5, 5.41) is 0. The van der Waals surface area contributed by atoms with Crippen molar-refractivity contribution in [3.63, 3.8) is 0 Å². The van der Waals surface area contributed by atoms with Crippen LogP contribution in [0.1, 0.15) is 32.6 Å². The molecule has 0 bridgehead atoms. The molecule has 2 fully saturated rings. The van der Waals surface area contributed by atoms with E-state index >= 15 is 0 Å². The molecule has 116 valence electrons. The van der Waals surface area contributed by atoms with E-state index in [0.717, 1.165) is 45.2 Å². The van der Waals surface area contributed by atoms with Crippen LogP contribution in [0.25, 0.3) is 0 Å². The second-order valence-corrected chi connectivity index (χ2v) is 6.09. The molecule has 2 aliphatic rings. The Morgan fingerprint density at radius 1 is 1.25 bits per heavy atom. The fourth-order valence-electron chi connectivity index (χ4n) is 3.02. The van der Waals surface area contributed by atoms with Gasteiger partial charge in [0.1, 0.15) is 0 Å². The number of likely N-dealkylation sites (tertiary alicyclic amines) is 1. The van der Waals surface area contributed by atoms with Crippen molar-refractivity contribution >= 4 is 5.96 Å². The van der Waals surface area contributed by atoms with Gasteiger partial charge in [-0.1, -0.05) is 6.92 Å². The van der Waals surface area contributed by atoms with Crippen LogP contribution in [0.2, 0.25) is 0 Å². The molecule has 0 amide bonds. The molecule has 20 heavy (non-hydrogen) atoms. The zero-order chi connectivity index (χ0) is 14.2. The van der Waals surface area contributed by atoms with Crippen LogP contribution in [-0.4, -0.2) is 68.2 Å². The largest absolute Gasteiger partial charge is 0.378 e. The summed E-state index contributed by atoms with van der Waals surface area (Å²) in [6, 6.07) is 0. The first-order chi connectivity index (χ1) is 9.75. The van der Waals surface area contributed by atoms with Crippen LogP contribution in [0.4, 0.5) is 0 Å². The van der Waals surface area contributed by atoms with Gasteiger partial charge >= 0.3 is 0 Å². The maximum Gasteiger partial charge on any atom is 0.191 e. The first kappa shape index (κ1) is 15.6. The van der Waals surface area contributed by atoms with E-state index in [1.807, 2.05) is 0 Å². The van der Waals surface area contributed by atoms with Gasteiger partial charge in [0, 0.05) is 26.2 Å². The minimum Gasteiger partial charge on any atom is -0.378 e. The number of nitrogens with zero attached hydrogens (tertiary/aromatic N) is 3. The molecular formula is C15H30N4O. The van der Waals surface area contributed by atoms with Gasteiger partial charge in [-0.05, 0) is 44.7 Å².